The molecule has 0 radical (unpaired) electrons. The highest BCUT2D eigenvalue weighted by atomic mass is 32.1. The molecule has 2 amide bonds. The van der Waals surface area contributed by atoms with Gasteiger partial charge >= 0.3 is 0 Å². The summed E-state index contributed by atoms with van der Waals surface area (Å²) in [6.07, 6.45) is 2.76. The van der Waals surface area contributed by atoms with Crippen LogP contribution in [0.4, 0.5) is 13.2 Å². The number of amides is 2. The number of nitrogens with zero attached hydrogens (tertiary/aromatic N) is 2. The smallest absolute Gasteiger partial charge is 0.233 e. The van der Waals surface area contributed by atoms with E-state index in [4.69, 9.17) is 0 Å². The van der Waals surface area contributed by atoms with E-state index in [9.17, 15) is 27.9 Å². The minimum Gasteiger partial charge on any atom is -0.503 e. The Balaban J connectivity index is 1.61. The number of phenols is 1. The van der Waals surface area contributed by atoms with E-state index in [2.05, 4.69) is 4.98 Å². The lowest BCUT2D eigenvalue weighted by Crippen LogP contribution is -2.29. The molecule has 1 aromatic heterocycles. The number of thiazole rings is 1. The summed E-state index contributed by atoms with van der Waals surface area (Å²) in [5.74, 6) is -6.69. The van der Waals surface area contributed by atoms with E-state index >= 15 is 0 Å². The number of halogens is 3. The molecule has 4 rings (SSSR count). The maximum Gasteiger partial charge on any atom is 0.233 e. The second-order valence-corrected chi connectivity index (χ2v) is 7.18. The molecule has 2 atom stereocenters. The van der Waals surface area contributed by atoms with Crippen LogP contribution in [0.2, 0.25) is 0 Å². The van der Waals surface area contributed by atoms with E-state index in [1.54, 1.807) is 0 Å². The fourth-order valence-corrected chi connectivity index (χ4v) is 4.07. The van der Waals surface area contributed by atoms with Crippen LogP contribution in [0.25, 0.3) is 10.6 Å². The first-order valence-electron chi connectivity index (χ1n) is 7.55. The van der Waals surface area contributed by atoms with Gasteiger partial charge in [-0.05, 0) is 18.9 Å². The Bertz CT molecular complexity index is 892. The highest BCUT2D eigenvalue weighted by Crippen LogP contribution is 2.43. The molecule has 2 aliphatic rings. The number of aromatic hydroxyl groups is 1. The van der Waals surface area contributed by atoms with Crippen molar-refractivity contribution < 1.29 is 27.9 Å². The molecule has 1 aromatic carbocycles. The van der Waals surface area contributed by atoms with Gasteiger partial charge in [0.2, 0.25) is 17.6 Å². The molecule has 0 bridgehead atoms. The second-order valence-electron chi connectivity index (χ2n) is 6.07. The van der Waals surface area contributed by atoms with Crippen LogP contribution in [0.15, 0.2) is 12.3 Å². The summed E-state index contributed by atoms with van der Waals surface area (Å²) in [6, 6.07) is 0.611. The van der Waals surface area contributed by atoms with Crippen molar-refractivity contribution in [3.63, 3.8) is 0 Å². The van der Waals surface area contributed by atoms with Crippen molar-refractivity contribution in [1.82, 2.24) is 9.88 Å². The quantitative estimate of drug-likeness (QED) is 0.668. The molecular formula is C16H11F3N2O3S. The van der Waals surface area contributed by atoms with Crippen molar-refractivity contribution in [1.29, 1.82) is 0 Å². The van der Waals surface area contributed by atoms with Crippen LogP contribution < -0.4 is 0 Å². The molecule has 25 heavy (non-hydrogen) atoms. The Morgan fingerprint density at radius 2 is 1.80 bits per heavy atom. The molecule has 1 aliphatic heterocycles. The highest BCUT2D eigenvalue weighted by molar-refractivity contribution is 7.15. The molecule has 1 aliphatic carbocycles. The van der Waals surface area contributed by atoms with Crippen LogP contribution in [-0.4, -0.2) is 26.8 Å². The summed E-state index contributed by atoms with van der Waals surface area (Å²) < 4.78 is 40.5. The third-order valence-corrected chi connectivity index (χ3v) is 5.69. The number of carbonyl (C=O) groups excluding carboxylic acids is 2. The average Bonchev–Trinajstić information content (AvgIpc) is 3.06. The molecule has 1 saturated heterocycles. The number of phenolic OH excluding ortho intramolecular Hbond substituents is 1. The number of rotatable bonds is 3. The number of likely N-dealkylation sites (tertiary alicyclic amines) is 1. The first kappa shape index (κ1) is 16.1. The summed E-state index contributed by atoms with van der Waals surface area (Å²) in [5.41, 5.74) is -0.383. The van der Waals surface area contributed by atoms with Crippen molar-refractivity contribution >= 4 is 23.2 Å². The van der Waals surface area contributed by atoms with E-state index in [0.29, 0.717) is 23.8 Å². The largest absolute Gasteiger partial charge is 0.503 e. The maximum atomic E-state index is 14.0. The van der Waals surface area contributed by atoms with Gasteiger partial charge in [0, 0.05) is 11.1 Å². The van der Waals surface area contributed by atoms with Gasteiger partial charge in [-0.25, -0.2) is 13.8 Å². The zero-order valence-electron chi connectivity index (χ0n) is 12.6. The Hall–Kier alpha value is -2.42. The van der Waals surface area contributed by atoms with Gasteiger partial charge in [-0.3, -0.25) is 14.5 Å². The van der Waals surface area contributed by atoms with Gasteiger partial charge in [0.1, 0.15) is 5.01 Å². The third-order valence-electron chi connectivity index (χ3n) is 4.67. The number of imide groups is 1. The summed E-state index contributed by atoms with van der Waals surface area (Å²) in [5, 5.41) is 9.31. The molecule has 1 unspecified atom stereocenters. The van der Waals surface area contributed by atoms with Crippen molar-refractivity contribution in [3.05, 3.63) is 34.6 Å². The maximum absolute atomic E-state index is 14.0. The van der Waals surface area contributed by atoms with Gasteiger partial charge in [0.15, 0.2) is 17.4 Å². The average molecular weight is 368 g/mol. The normalized spacial score (nSPS) is 22.3. The molecular weight excluding hydrogens is 357 g/mol. The first-order valence-corrected chi connectivity index (χ1v) is 8.37. The van der Waals surface area contributed by atoms with Gasteiger partial charge in [0.25, 0.3) is 0 Å². The Morgan fingerprint density at radius 3 is 2.40 bits per heavy atom. The summed E-state index contributed by atoms with van der Waals surface area (Å²) in [4.78, 5) is 29.9. The summed E-state index contributed by atoms with van der Waals surface area (Å²) in [6.45, 7) is 0.0135. The number of benzene rings is 1. The zero-order chi connectivity index (χ0) is 17.9. The van der Waals surface area contributed by atoms with E-state index in [0.717, 1.165) is 11.3 Å². The molecule has 5 nitrogen and oxygen atoms in total. The zero-order valence-corrected chi connectivity index (χ0v) is 13.4. The fourth-order valence-electron chi connectivity index (χ4n) is 3.16. The SMILES string of the molecule is O=C1C2CC[C@@H]2C(=O)N1Cc1cnc(-c2cc(F)c(F)c(O)c2F)s1. The van der Waals surface area contributed by atoms with Crippen molar-refractivity contribution in [2.45, 2.75) is 19.4 Å². The minimum atomic E-state index is -1.67. The van der Waals surface area contributed by atoms with E-state index in [-0.39, 0.29) is 40.8 Å². The fraction of sp³-hybridized carbons (Fsp3) is 0.312. The predicted octanol–water partition coefficient (Wildman–Crippen LogP) is 2.83. The van der Waals surface area contributed by atoms with Gasteiger partial charge in [0.05, 0.1) is 23.9 Å². The van der Waals surface area contributed by atoms with Gasteiger partial charge in [-0.15, -0.1) is 11.3 Å². The van der Waals surface area contributed by atoms with Crippen LogP contribution in [0.3, 0.4) is 0 Å². The van der Waals surface area contributed by atoms with Gasteiger partial charge in [-0.1, -0.05) is 0 Å². The lowest BCUT2D eigenvalue weighted by molar-refractivity contribution is -0.140. The molecule has 2 heterocycles. The van der Waals surface area contributed by atoms with Gasteiger partial charge in [-0.2, -0.15) is 4.39 Å². The van der Waals surface area contributed by atoms with Crippen molar-refractivity contribution in [3.8, 4) is 16.3 Å². The van der Waals surface area contributed by atoms with Crippen LogP contribution in [-0.2, 0) is 16.1 Å². The van der Waals surface area contributed by atoms with Crippen LogP contribution in [0, 0.1) is 29.3 Å². The molecule has 1 N–H and O–H groups in total. The Morgan fingerprint density at radius 1 is 1.16 bits per heavy atom. The molecule has 2 aromatic rings. The van der Waals surface area contributed by atoms with E-state index in [1.807, 2.05) is 0 Å². The molecule has 0 spiro atoms. The van der Waals surface area contributed by atoms with E-state index in [1.165, 1.54) is 11.1 Å². The topological polar surface area (TPSA) is 70.5 Å². The summed E-state index contributed by atoms with van der Waals surface area (Å²) >= 11 is 0.940. The van der Waals surface area contributed by atoms with Crippen LogP contribution >= 0.6 is 11.3 Å². The van der Waals surface area contributed by atoms with Crippen molar-refractivity contribution in [2.75, 3.05) is 0 Å². The summed E-state index contributed by atoms with van der Waals surface area (Å²) in [7, 11) is 0. The minimum absolute atomic E-state index is 0.0135. The molecule has 9 heteroatoms. The number of aromatic nitrogens is 1. The first-order chi connectivity index (χ1) is 11.9. The number of carbonyl (C=O) groups is 2. The van der Waals surface area contributed by atoms with Crippen molar-refractivity contribution in [2.24, 2.45) is 11.8 Å². The third kappa shape index (κ3) is 2.33. The number of hydrogen-bond donors (Lipinski definition) is 1. The van der Waals surface area contributed by atoms with Gasteiger partial charge < -0.3 is 5.11 Å². The second kappa shape index (κ2) is 5.55. The Kier molecular flexibility index (Phi) is 3.57. The van der Waals surface area contributed by atoms with Crippen LogP contribution in [0.5, 0.6) is 5.75 Å². The molecule has 1 saturated carbocycles. The highest BCUT2D eigenvalue weighted by Gasteiger charge is 2.52. The molecule has 2 fully saturated rings. The Labute approximate surface area is 143 Å². The standard InChI is InChI=1S/C16H11F3N2O3S/c17-10-3-9(11(18)13(22)12(10)19)14-20-4-6(25-14)5-21-15(23)7-1-2-8(7)16(21)24/h3-4,7-8,22H,1-2,5H2/t7-,8?/m0/s1. The monoisotopic (exact) mass is 368 g/mol. The number of fused-ring (bicyclic) bond motifs is 1. The number of hydrogen-bond acceptors (Lipinski definition) is 5. The predicted molar refractivity (Wildman–Crippen MR) is 80.9 cm³/mol. The van der Waals surface area contributed by atoms with Crippen LogP contribution in [0.1, 0.15) is 17.7 Å². The van der Waals surface area contributed by atoms with E-state index < -0.39 is 23.2 Å². The molecule has 130 valence electrons. The lowest BCUT2D eigenvalue weighted by atomic mass is 9.76. The lowest BCUT2D eigenvalue weighted by Gasteiger charge is -2.24.